The Hall–Kier alpha value is -1.41. The van der Waals surface area contributed by atoms with E-state index in [0.717, 1.165) is 5.52 Å². The minimum absolute atomic E-state index is 0.539. The number of hydrogen-bond donors (Lipinski definition) is 0. The first kappa shape index (κ1) is 12.6. The van der Waals surface area contributed by atoms with E-state index in [1.807, 2.05) is 0 Å². The maximum absolute atomic E-state index is 4.62. The van der Waals surface area contributed by atoms with Crippen LogP contribution >= 0.6 is 0 Å². The number of pyridine rings is 1. The summed E-state index contributed by atoms with van der Waals surface area (Å²) in [6.07, 6.45) is 8.76. The van der Waals surface area contributed by atoms with Crippen LogP contribution in [0.3, 0.4) is 0 Å². The van der Waals surface area contributed by atoms with Gasteiger partial charge in [0.15, 0.2) is 0 Å². The highest BCUT2D eigenvalue weighted by Crippen LogP contribution is 2.29. The van der Waals surface area contributed by atoms with Crippen molar-refractivity contribution in [3.63, 3.8) is 0 Å². The van der Waals surface area contributed by atoms with Crippen LogP contribution in [0.1, 0.15) is 43.7 Å². The Bertz CT molecular complexity index is 550. The molecule has 1 atom stereocenters. The lowest BCUT2D eigenvalue weighted by Crippen LogP contribution is -2.27. The molecule has 0 radical (unpaired) electrons. The molecule has 1 aliphatic rings. The molecular weight excluding hydrogens is 232 g/mol. The predicted octanol–water partition coefficient (Wildman–Crippen LogP) is 4.17. The Morgan fingerprint density at radius 2 is 1.95 bits per heavy atom. The molecule has 0 saturated carbocycles. The van der Waals surface area contributed by atoms with Gasteiger partial charge in [0.25, 0.3) is 0 Å². The van der Waals surface area contributed by atoms with E-state index < -0.39 is 0 Å². The monoisotopic (exact) mass is 254 g/mol. The van der Waals surface area contributed by atoms with Crippen LogP contribution < -0.4 is 0 Å². The van der Waals surface area contributed by atoms with Crippen molar-refractivity contribution in [2.75, 3.05) is 13.6 Å². The van der Waals surface area contributed by atoms with E-state index >= 15 is 0 Å². The summed E-state index contributed by atoms with van der Waals surface area (Å²) >= 11 is 0. The summed E-state index contributed by atoms with van der Waals surface area (Å²) in [5.74, 6) is 0. The highest BCUT2D eigenvalue weighted by molar-refractivity contribution is 5.78. The summed E-state index contributed by atoms with van der Waals surface area (Å²) in [7, 11) is 2.26. The van der Waals surface area contributed by atoms with E-state index in [9.17, 15) is 0 Å². The Balaban J connectivity index is 1.92. The number of aromatic nitrogens is 1. The molecule has 2 heterocycles. The zero-order valence-electron chi connectivity index (χ0n) is 11.7. The zero-order valence-corrected chi connectivity index (χ0v) is 11.7. The van der Waals surface area contributed by atoms with Gasteiger partial charge < -0.3 is 0 Å². The highest BCUT2D eigenvalue weighted by Gasteiger charge is 2.18. The van der Waals surface area contributed by atoms with Gasteiger partial charge in [-0.25, -0.2) is 0 Å². The fraction of sp³-hybridized carbons (Fsp3) is 0.471. The fourth-order valence-corrected chi connectivity index (χ4v) is 3.12. The minimum atomic E-state index is 0.539. The first-order valence-electron chi connectivity index (χ1n) is 7.39. The molecule has 2 heteroatoms. The summed E-state index contributed by atoms with van der Waals surface area (Å²) in [6, 6.07) is 11.3. The second kappa shape index (κ2) is 5.70. The molecule has 1 aromatic heterocycles. The van der Waals surface area contributed by atoms with Gasteiger partial charge >= 0.3 is 0 Å². The van der Waals surface area contributed by atoms with Crippen molar-refractivity contribution in [3.8, 4) is 0 Å². The summed E-state index contributed by atoms with van der Waals surface area (Å²) < 4.78 is 0. The Labute approximate surface area is 115 Å². The number of rotatable bonds is 1. The van der Waals surface area contributed by atoms with Gasteiger partial charge in [0.1, 0.15) is 0 Å². The molecule has 1 fully saturated rings. The molecule has 0 unspecified atom stereocenters. The number of benzene rings is 1. The molecule has 2 nitrogen and oxygen atoms in total. The molecule has 0 spiro atoms. The van der Waals surface area contributed by atoms with Crippen molar-refractivity contribution in [1.29, 1.82) is 0 Å². The van der Waals surface area contributed by atoms with Crippen LogP contribution in [0.15, 0.2) is 36.5 Å². The van der Waals surface area contributed by atoms with Gasteiger partial charge in [0, 0.05) is 17.6 Å². The van der Waals surface area contributed by atoms with Crippen molar-refractivity contribution in [2.45, 2.75) is 38.1 Å². The minimum Gasteiger partial charge on any atom is -0.299 e. The van der Waals surface area contributed by atoms with E-state index in [-0.39, 0.29) is 0 Å². The lowest BCUT2D eigenvalue weighted by Gasteiger charge is -2.30. The lowest BCUT2D eigenvalue weighted by atomic mass is 9.96. The summed E-state index contributed by atoms with van der Waals surface area (Å²) in [5.41, 5.74) is 2.47. The van der Waals surface area contributed by atoms with Gasteiger partial charge in [-0.15, -0.1) is 0 Å². The van der Waals surface area contributed by atoms with Crippen molar-refractivity contribution in [3.05, 3.63) is 42.1 Å². The van der Waals surface area contributed by atoms with E-state index in [2.05, 4.69) is 53.5 Å². The van der Waals surface area contributed by atoms with E-state index in [1.54, 1.807) is 0 Å². The molecule has 0 aliphatic carbocycles. The number of likely N-dealkylation sites (tertiary alicyclic amines) is 1. The van der Waals surface area contributed by atoms with Gasteiger partial charge in [0.05, 0.1) is 5.52 Å². The van der Waals surface area contributed by atoms with Crippen LogP contribution in [0, 0.1) is 0 Å². The molecule has 2 aromatic rings. The van der Waals surface area contributed by atoms with Crippen LogP contribution in [-0.4, -0.2) is 23.5 Å². The lowest BCUT2D eigenvalue weighted by molar-refractivity contribution is 0.209. The Morgan fingerprint density at radius 1 is 1.11 bits per heavy atom. The van der Waals surface area contributed by atoms with Crippen LogP contribution in [0.25, 0.3) is 10.9 Å². The number of nitrogens with zero attached hydrogens (tertiary/aromatic N) is 2. The van der Waals surface area contributed by atoms with Crippen molar-refractivity contribution >= 4 is 10.9 Å². The second-order valence-corrected chi connectivity index (χ2v) is 5.66. The van der Waals surface area contributed by atoms with Crippen molar-refractivity contribution < 1.29 is 0 Å². The van der Waals surface area contributed by atoms with Gasteiger partial charge in [-0.05, 0) is 44.1 Å². The van der Waals surface area contributed by atoms with E-state index in [4.69, 9.17) is 0 Å². The third-order valence-corrected chi connectivity index (χ3v) is 4.27. The topological polar surface area (TPSA) is 16.1 Å². The third kappa shape index (κ3) is 2.79. The standard InChI is InChI=1S/C17H22N2/c1-19-11-7-3-2-4-10-17(19)15-12-14-8-5-6-9-16(14)18-13-15/h5-6,8-9,12-13,17H,2-4,7,10-11H2,1H3/t17-/m0/s1. The fourth-order valence-electron chi connectivity index (χ4n) is 3.12. The van der Waals surface area contributed by atoms with Crippen molar-refractivity contribution in [1.82, 2.24) is 9.88 Å². The molecule has 1 saturated heterocycles. The SMILES string of the molecule is CN1CCCCCC[C@H]1c1cnc2ccccc2c1. The van der Waals surface area contributed by atoms with Gasteiger partial charge in [-0.2, -0.15) is 0 Å². The van der Waals surface area contributed by atoms with E-state index in [0.29, 0.717) is 6.04 Å². The summed E-state index contributed by atoms with van der Waals surface area (Å²) in [4.78, 5) is 7.12. The molecule has 1 aliphatic heterocycles. The van der Waals surface area contributed by atoms with Crippen LogP contribution in [0.2, 0.25) is 0 Å². The number of fused-ring (bicyclic) bond motifs is 1. The van der Waals surface area contributed by atoms with E-state index in [1.165, 1.54) is 49.6 Å². The molecule has 100 valence electrons. The molecule has 19 heavy (non-hydrogen) atoms. The molecular formula is C17H22N2. The summed E-state index contributed by atoms with van der Waals surface area (Å²) in [6.45, 7) is 1.21. The summed E-state index contributed by atoms with van der Waals surface area (Å²) in [5, 5.41) is 1.26. The van der Waals surface area contributed by atoms with Crippen LogP contribution in [0.4, 0.5) is 0 Å². The highest BCUT2D eigenvalue weighted by atomic mass is 15.1. The largest absolute Gasteiger partial charge is 0.299 e. The van der Waals surface area contributed by atoms with Crippen molar-refractivity contribution in [2.24, 2.45) is 0 Å². The predicted molar refractivity (Wildman–Crippen MR) is 80.2 cm³/mol. The Kier molecular flexibility index (Phi) is 3.79. The average Bonchev–Trinajstić information content (AvgIpc) is 2.43. The Morgan fingerprint density at radius 3 is 2.89 bits per heavy atom. The normalized spacial score (nSPS) is 22.1. The second-order valence-electron chi connectivity index (χ2n) is 5.66. The molecule has 0 bridgehead atoms. The maximum Gasteiger partial charge on any atom is 0.0702 e. The van der Waals surface area contributed by atoms with Crippen LogP contribution in [0.5, 0.6) is 0 Å². The van der Waals surface area contributed by atoms with Gasteiger partial charge in [-0.3, -0.25) is 9.88 Å². The zero-order chi connectivity index (χ0) is 13.1. The molecule has 0 N–H and O–H groups in total. The van der Waals surface area contributed by atoms with Crippen LogP contribution in [-0.2, 0) is 0 Å². The third-order valence-electron chi connectivity index (χ3n) is 4.27. The first-order valence-corrected chi connectivity index (χ1v) is 7.39. The average molecular weight is 254 g/mol. The number of hydrogen-bond acceptors (Lipinski definition) is 2. The first-order chi connectivity index (χ1) is 9.34. The smallest absolute Gasteiger partial charge is 0.0702 e. The van der Waals surface area contributed by atoms with Gasteiger partial charge in [0.2, 0.25) is 0 Å². The number of para-hydroxylation sites is 1. The molecule has 1 aromatic carbocycles. The molecule has 3 rings (SSSR count). The maximum atomic E-state index is 4.62. The molecule has 0 amide bonds. The quantitative estimate of drug-likeness (QED) is 0.759. The van der Waals surface area contributed by atoms with Gasteiger partial charge in [-0.1, -0.05) is 37.5 Å².